The van der Waals surface area contributed by atoms with E-state index in [0.29, 0.717) is 17.0 Å². The first kappa shape index (κ1) is 17.0. The van der Waals surface area contributed by atoms with Crippen LogP contribution in [0.3, 0.4) is 0 Å². The molecule has 0 saturated heterocycles. The largest absolute Gasteiger partial charge is 0.495 e. The minimum Gasteiger partial charge on any atom is -0.495 e. The van der Waals surface area contributed by atoms with E-state index in [4.69, 9.17) is 9.84 Å². The highest BCUT2D eigenvalue weighted by Gasteiger charge is 2.14. The van der Waals surface area contributed by atoms with Gasteiger partial charge in [0.05, 0.1) is 12.8 Å². The summed E-state index contributed by atoms with van der Waals surface area (Å²) in [5, 5.41) is 13.8. The van der Waals surface area contributed by atoms with Crippen LogP contribution in [-0.4, -0.2) is 30.0 Å². The molecule has 7 nitrogen and oxygen atoms in total. The summed E-state index contributed by atoms with van der Waals surface area (Å²) in [4.78, 5) is 34.5. The molecule has 0 aliphatic heterocycles. The van der Waals surface area contributed by atoms with Crippen LogP contribution in [0.5, 0.6) is 5.75 Å². The van der Waals surface area contributed by atoms with E-state index in [1.165, 1.54) is 19.2 Å². The van der Waals surface area contributed by atoms with E-state index in [1.807, 2.05) is 6.07 Å². The van der Waals surface area contributed by atoms with E-state index < -0.39 is 18.3 Å². The van der Waals surface area contributed by atoms with Crippen molar-refractivity contribution >= 4 is 29.2 Å². The van der Waals surface area contributed by atoms with E-state index in [1.54, 1.807) is 30.3 Å². The lowest BCUT2D eigenvalue weighted by atomic mass is 10.1. The van der Waals surface area contributed by atoms with Crippen LogP contribution in [0.25, 0.3) is 0 Å². The highest BCUT2D eigenvalue weighted by atomic mass is 16.5. The van der Waals surface area contributed by atoms with Gasteiger partial charge >= 0.3 is 5.97 Å². The molecule has 0 aliphatic rings. The minimum absolute atomic E-state index is 0.226. The maximum Gasteiger partial charge on any atom is 0.312 e. The molecule has 0 heterocycles. The normalized spacial score (nSPS) is 9.88. The lowest BCUT2D eigenvalue weighted by Gasteiger charge is -2.12. The third-order valence-corrected chi connectivity index (χ3v) is 3.08. The van der Waals surface area contributed by atoms with Crippen molar-refractivity contribution in [3.05, 3.63) is 54.1 Å². The number of hydrogen-bond donors (Lipinski definition) is 3. The zero-order valence-electron chi connectivity index (χ0n) is 12.9. The second kappa shape index (κ2) is 7.77. The van der Waals surface area contributed by atoms with Crippen molar-refractivity contribution in [2.75, 3.05) is 17.7 Å². The summed E-state index contributed by atoms with van der Waals surface area (Å²) in [5.41, 5.74) is 1.16. The summed E-state index contributed by atoms with van der Waals surface area (Å²) in [5.74, 6) is -1.99. The highest BCUT2D eigenvalue weighted by molar-refractivity contribution is 6.06. The molecule has 0 fully saturated rings. The standard InChI is InChI=1S/C17H16N2O5/c1-24-14-8-7-11(9-13(14)19-15(20)10-16(21)22)17(23)18-12-5-3-2-4-6-12/h2-9H,10H2,1H3,(H,18,23)(H,19,20)(H,21,22). The molecule has 2 amide bonds. The van der Waals surface area contributed by atoms with Crippen LogP contribution in [0.15, 0.2) is 48.5 Å². The SMILES string of the molecule is COc1ccc(C(=O)Nc2ccccc2)cc1NC(=O)CC(=O)O. The Morgan fingerprint density at radius 2 is 1.75 bits per heavy atom. The average molecular weight is 328 g/mol. The predicted octanol–water partition coefficient (Wildman–Crippen LogP) is 2.36. The van der Waals surface area contributed by atoms with E-state index in [-0.39, 0.29) is 11.6 Å². The van der Waals surface area contributed by atoms with E-state index >= 15 is 0 Å². The molecule has 0 aromatic heterocycles. The number of rotatable bonds is 6. The molecule has 7 heteroatoms. The lowest BCUT2D eigenvalue weighted by Crippen LogP contribution is -2.17. The molecule has 0 bridgehead atoms. The Hall–Kier alpha value is -3.35. The quantitative estimate of drug-likeness (QED) is 0.706. The fraction of sp³-hybridized carbons (Fsp3) is 0.118. The lowest BCUT2D eigenvalue weighted by molar-refractivity contribution is -0.139. The van der Waals surface area contributed by atoms with Gasteiger partial charge in [-0.2, -0.15) is 0 Å². The number of carboxylic acid groups (broad SMARTS) is 1. The number of carboxylic acids is 1. The van der Waals surface area contributed by atoms with Gasteiger partial charge in [0.2, 0.25) is 5.91 Å². The molecule has 0 atom stereocenters. The average Bonchev–Trinajstić information content (AvgIpc) is 2.55. The summed E-state index contributed by atoms with van der Waals surface area (Å²) in [7, 11) is 1.41. The van der Waals surface area contributed by atoms with E-state index in [2.05, 4.69) is 10.6 Å². The van der Waals surface area contributed by atoms with Crippen LogP contribution < -0.4 is 15.4 Å². The molecule has 0 saturated carbocycles. The molecule has 2 aromatic carbocycles. The Kier molecular flexibility index (Phi) is 5.51. The minimum atomic E-state index is -1.25. The Morgan fingerprint density at radius 3 is 2.38 bits per heavy atom. The number of aliphatic carboxylic acids is 1. The molecule has 3 N–H and O–H groups in total. The monoisotopic (exact) mass is 328 g/mol. The smallest absolute Gasteiger partial charge is 0.312 e. The molecule has 0 spiro atoms. The first-order valence-corrected chi connectivity index (χ1v) is 7.05. The van der Waals surface area contributed by atoms with Crippen LogP contribution in [-0.2, 0) is 9.59 Å². The maximum absolute atomic E-state index is 12.3. The maximum atomic E-state index is 12.3. The van der Waals surface area contributed by atoms with Crippen LogP contribution >= 0.6 is 0 Å². The van der Waals surface area contributed by atoms with Gasteiger partial charge in [0, 0.05) is 11.3 Å². The van der Waals surface area contributed by atoms with Gasteiger partial charge in [-0.15, -0.1) is 0 Å². The highest BCUT2D eigenvalue weighted by Crippen LogP contribution is 2.26. The molecule has 24 heavy (non-hydrogen) atoms. The Labute approximate surface area is 138 Å². The van der Waals surface area contributed by atoms with Crippen molar-refractivity contribution in [2.45, 2.75) is 6.42 Å². The van der Waals surface area contributed by atoms with Gasteiger partial charge < -0.3 is 20.5 Å². The molecule has 2 rings (SSSR count). The van der Waals surface area contributed by atoms with Gasteiger partial charge in [0.15, 0.2) is 0 Å². The van der Waals surface area contributed by atoms with E-state index in [0.717, 1.165) is 0 Å². The summed E-state index contributed by atoms with van der Waals surface area (Å²) < 4.78 is 5.11. The van der Waals surface area contributed by atoms with E-state index in [9.17, 15) is 14.4 Å². The molecular weight excluding hydrogens is 312 g/mol. The molecule has 124 valence electrons. The van der Waals surface area contributed by atoms with Gasteiger partial charge in [-0.25, -0.2) is 0 Å². The second-order valence-electron chi connectivity index (χ2n) is 4.85. The second-order valence-corrected chi connectivity index (χ2v) is 4.85. The zero-order chi connectivity index (χ0) is 17.5. The van der Waals surface area contributed by atoms with Crippen molar-refractivity contribution in [3.8, 4) is 5.75 Å². The van der Waals surface area contributed by atoms with Crippen molar-refractivity contribution in [3.63, 3.8) is 0 Å². The number of nitrogens with one attached hydrogen (secondary N) is 2. The summed E-state index contributed by atoms with van der Waals surface area (Å²) in [6, 6.07) is 13.4. The number of carbonyl (C=O) groups is 3. The van der Waals surface area contributed by atoms with Gasteiger partial charge in [0.1, 0.15) is 12.2 Å². The number of carbonyl (C=O) groups excluding carboxylic acids is 2. The Morgan fingerprint density at radius 1 is 1.04 bits per heavy atom. The molecule has 0 unspecified atom stereocenters. The predicted molar refractivity (Wildman–Crippen MR) is 88.3 cm³/mol. The number of anilines is 2. The van der Waals surface area contributed by atoms with Crippen LogP contribution in [0.2, 0.25) is 0 Å². The van der Waals surface area contributed by atoms with Crippen molar-refractivity contribution < 1.29 is 24.2 Å². The summed E-state index contributed by atoms with van der Waals surface area (Å²) in [6.07, 6.45) is -0.677. The summed E-state index contributed by atoms with van der Waals surface area (Å²) >= 11 is 0. The fourth-order valence-corrected chi connectivity index (χ4v) is 2.00. The first-order valence-electron chi connectivity index (χ1n) is 7.05. The third-order valence-electron chi connectivity index (χ3n) is 3.08. The number of methoxy groups -OCH3 is 1. The molecule has 0 aliphatic carbocycles. The van der Waals surface area contributed by atoms with Gasteiger partial charge in [-0.1, -0.05) is 18.2 Å². The fourth-order valence-electron chi connectivity index (χ4n) is 2.00. The van der Waals surface area contributed by atoms with Crippen molar-refractivity contribution in [1.82, 2.24) is 0 Å². The number of para-hydroxylation sites is 1. The summed E-state index contributed by atoms with van der Waals surface area (Å²) in [6.45, 7) is 0. The number of hydrogen-bond acceptors (Lipinski definition) is 4. The molecular formula is C17H16N2O5. The van der Waals surface area contributed by atoms with Crippen LogP contribution in [0, 0.1) is 0 Å². The number of amides is 2. The number of ether oxygens (including phenoxy) is 1. The van der Waals surface area contributed by atoms with Gasteiger partial charge in [0.25, 0.3) is 5.91 Å². The molecule has 2 aromatic rings. The topological polar surface area (TPSA) is 105 Å². The first-order chi connectivity index (χ1) is 11.5. The van der Waals surface area contributed by atoms with Crippen molar-refractivity contribution in [1.29, 1.82) is 0 Å². The molecule has 0 radical (unpaired) electrons. The van der Waals surface area contributed by atoms with Crippen LogP contribution in [0.1, 0.15) is 16.8 Å². The Bertz CT molecular complexity index is 759. The van der Waals surface area contributed by atoms with Crippen molar-refractivity contribution in [2.24, 2.45) is 0 Å². The van der Waals surface area contributed by atoms with Gasteiger partial charge in [-0.05, 0) is 30.3 Å². The Balaban J connectivity index is 2.19. The third kappa shape index (κ3) is 4.57. The zero-order valence-corrected chi connectivity index (χ0v) is 12.9. The number of benzene rings is 2. The van der Waals surface area contributed by atoms with Gasteiger partial charge in [-0.3, -0.25) is 14.4 Å². The van der Waals surface area contributed by atoms with Crippen LogP contribution in [0.4, 0.5) is 11.4 Å².